The standard InChI is InChI=1S/C10H13BrO2/c1-7-4-3-5-8(11)10(7)9(12)6-13-2/h3-5,9,12H,6H2,1-2H3. The number of aliphatic hydroxyl groups is 1. The molecule has 72 valence electrons. The Balaban J connectivity index is 2.98. The zero-order valence-electron chi connectivity index (χ0n) is 7.75. The molecule has 1 atom stereocenters. The van der Waals surface area contributed by atoms with Crippen molar-refractivity contribution in [2.24, 2.45) is 0 Å². The van der Waals surface area contributed by atoms with E-state index in [1.807, 2.05) is 25.1 Å². The highest BCUT2D eigenvalue weighted by molar-refractivity contribution is 9.10. The summed E-state index contributed by atoms with van der Waals surface area (Å²) in [6.07, 6.45) is -0.555. The van der Waals surface area contributed by atoms with Crippen LogP contribution in [0.4, 0.5) is 0 Å². The van der Waals surface area contributed by atoms with Gasteiger partial charge >= 0.3 is 0 Å². The lowest BCUT2D eigenvalue weighted by Crippen LogP contribution is -2.07. The first-order chi connectivity index (χ1) is 6.16. The lowest BCUT2D eigenvalue weighted by Gasteiger charge is -2.14. The molecule has 1 aromatic rings. The van der Waals surface area contributed by atoms with Gasteiger partial charge in [0.2, 0.25) is 0 Å². The molecule has 0 radical (unpaired) electrons. The van der Waals surface area contributed by atoms with Crippen LogP contribution < -0.4 is 0 Å². The minimum atomic E-state index is -0.555. The molecule has 0 saturated carbocycles. The summed E-state index contributed by atoms with van der Waals surface area (Å²) in [5.41, 5.74) is 1.98. The van der Waals surface area contributed by atoms with E-state index in [1.54, 1.807) is 7.11 Å². The van der Waals surface area contributed by atoms with E-state index in [0.29, 0.717) is 6.61 Å². The van der Waals surface area contributed by atoms with Gasteiger partial charge in [-0.1, -0.05) is 28.1 Å². The number of hydrogen-bond acceptors (Lipinski definition) is 2. The van der Waals surface area contributed by atoms with E-state index >= 15 is 0 Å². The van der Waals surface area contributed by atoms with Crippen LogP contribution in [0.2, 0.25) is 0 Å². The highest BCUT2D eigenvalue weighted by atomic mass is 79.9. The minimum absolute atomic E-state index is 0.323. The number of aryl methyl sites for hydroxylation is 1. The molecule has 13 heavy (non-hydrogen) atoms. The van der Waals surface area contributed by atoms with Crippen molar-refractivity contribution in [3.8, 4) is 0 Å². The van der Waals surface area contributed by atoms with Gasteiger partial charge in [-0.15, -0.1) is 0 Å². The van der Waals surface area contributed by atoms with Crippen LogP contribution in [0, 0.1) is 6.92 Å². The van der Waals surface area contributed by atoms with Crippen molar-refractivity contribution in [3.05, 3.63) is 33.8 Å². The molecule has 0 amide bonds. The van der Waals surface area contributed by atoms with Crippen molar-refractivity contribution in [2.75, 3.05) is 13.7 Å². The molecule has 0 aromatic heterocycles. The third-order valence-corrected chi connectivity index (χ3v) is 2.62. The summed E-state index contributed by atoms with van der Waals surface area (Å²) in [7, 11) is 1.58. The Bertz CT molecular complexity index is 266. The molecule has 1 unspecified atom stereocenters. The number of rotatable bonds is 3. The summed E-state index contributed by atoms with van der Waals surface area (Å²) < 4.78 is 5.83. The Morgan fingerprint density at radius 2 is 2.23 bits per heavy atom. The first-order valence-electron chi connectivity index (χ1n) is 4.09. The van der Waals surface area contributed by atoms with Gasteiger partial charge in [-0.3, -0.25) is 0 Å². The predicted octanol–water partition coefficient (Wildman–Crippen LogP) is 2.44. The molecule has 0 aliphatic rings. The van der Waals surface area contributed by atoms with Crippen LogP contribution >= 0.6 is 15.9 Å². The highest BCUT2D eigenvalue weighted by Crippen LogP contribution is 2.26. The zero-order valence-corrected chi connectivity index (χ0v) is 9.34. The van der Waals surface area contributed by atoms with E-state index in [9.17, 15) is 5.11 Å². The van der Waals surface area contributed by atoms with Gasteiger partial charge in [0.05, 0.1) is 6.61 Å². The van der Waals surface area contributed by atoms with Crippen LogP contribution in [-0.2, 0) is 4.74 Å². The third-order valence-electron chi connectivity index (χ3n) is 1.93. The van der Waals surface area contributed by atoms with Crippen LogP contribution in [0.25, 0.3) is 0 Å². The maximum atomic E-state index is 9.73. The number of benzene rings is 1. The second-order valence-corrected chi connectivity index (χ2v) is 3.80. The monoisotopic (exact) mass is 244 g/mol. The maximum Gasteiger partial charge on any atom is 0.104 e. The first kappa shape index (κ1) is 10.7. The van der Waals surface area contributed by atoms with Crippen molar-refractivity contribution in [1.29, 1.82) is 0 Å². The van der Waals surface area contributed by atoms with Gasteiger partial charge in [-0.2, -0.15) is 0 Å². The summed E-state index contributed by atoms with van der Waals surface area (Å²) >= 11 is 3.40. The summed E-state index contributed by atoms with van der Waals surface area (Å²) in [5, 5.41) is 9.73. The lowest BCUT2D eigenvalue weighted by atomic mass is 10.0. The molecule has 1 rings (SSSR count). The van der Waals surface area contributed by atoms with Crippen molar-refractivity contribution >= 4 is 15.9 Å². The molecule has 2 nitrogen and oxygen atoms in total. The van der Waals surface area contributed by atoms with Crippen LogP contribution in [-0.4, -0.2) is 18.8 Å². The second kappa shape index (κ2) is 4.74. The average Bonchev–Trinajstić information content (AvgIpc) is 2.04. The minimum Gasteiger partial charge on any atom is -0.386 e. The quantitative estimate of drug-likeness (QED) is 0.886. The molecule has 0 bridgehead atoms. The molecule has 0 saturated heterocycles. The fourth-order valence-electron chi connectivity index (χ4n) is 1.31. The zero-order chi connectivity index (χ0) is 9.84. The summed E-state index contributed by atoms with van der Waals surface area (Å²) in [4.78, 5) is 0. The van der Waals surface area contributed by atoms with Crippen LogP contribution in [0.5, 0.6) is 0 Å². The van der Waals surface area contributed by atoms with E-state index < -0.39 is 6.10 Å². The lowest BCUT2D eigenvalue weighted by molar-refractivity contribution is 0.0636. The second-order valence-electron chi connectivity index (χ2n) is 2.94. The number of hydrogen-bond donors (Lipinski definition) is 1. The molecule has 0 aliphatic heterocycles. The van der Waals surface area contributed by atoms with E-state index in [-0.39, 0.29) is 0 Å². The summed E-state index contributed by atoms with van der Waals surface area (Å²) in [5.74, 6) is 0. The molecule has 1 aromatic carbocycles. The van der Waals surface area contributed by atoms with Gasteiger partial charge in [0.25, 0.3) is 0 Å². The van der Waals surface area contributed by atoms with Crippen LogP contribution in [0.3, 0.4) is 0 Å². The Morgan fingerprint density at radius 1 is 1.54 bits per heavy atom. The normalized spacial score (nSPS) is 12.9. The smallest absolute Gasteiger partial charge is 0.104 e. The molecule has 3 heteroatoms. The van der Waals surface area contributed by atoms with Crippen molar-refractivity contribution in [3.63, 3.8) is 0 Å². The van der Waals surface area contributed by atoms with Gasteiger partial charge < -0.3 is 9.84 Å². The summed E-state index contributed by atoms with van der Waals surface area (Å²) in [6, 6.07) is 5.84. The number of halogens is 1. The third kappa shape index (κ3) is 2.53. The Kier molecular flexibility index (Phi) is 3.90. The molecule has 0 spiro atoms. The van der Waals surface area contributed by atoms with Crippen molar-refractivity contribution in [1.82, 2.24) is 0 Å². The predicted molar refractivity (Wildman–Crippen MR) is 55.7 cm³/mol. The molecular weight excluding hydrogens is 232 g/mol. The largest absolute Gasteiger partial charge is 0.386 e. The fourth-order valence-corrected chi connectivity index (χ4v) is 2.04. The Hall–Kier alpha value is -0.380. The van der Waals surface area contributed by atoms with Gasteiger partial charge in [0.15, 0.2) is 0 Å². The van der Waals surface area contributed by atoms with Crippen molar-refractivity contribution < 1.29 is 9.84 Å². The highest BCUT2D eigenvalue weighted by Gasteiger charge is 2.12. The topological polar surface area (TPSA) is 29.5 Å². The Morgan fingerprint density at radius 3 is 2.77 bits per heavy atom. The first-order valence-corrected chi connectivity index (χ1v) is 4.88. The fraction of sp³-hybridized carbons (Fsp3) is 0.400. The molecular formula is C10H13BrO2. The molecule has 1 N–H and O–H groups in total. The maximum absolute atomic E-state index is 9.73. The molecule has 0 heterocycles. The number of methoxy groups -OCH3 is 1. The van der Waals surface area contributed by atoms with Gasteiger partial charge in [-0.25, -0.2) is 0 Å². The van der Waals surface area contributed by atoms with Crippen molar-refractivity contribution in [2.45, 2.75) is 13.0 Å². The summed E-state index contributed by atoms with van der Waals surface area (Å²) in [6.45, 7) is 2.29. The van der Waals surface area contributed by atoms with Gasteiger partial charge in [0.1, 0.15) is 6.10 Å². The molecule has 0 aliphatic carbocycles. The number of ether oxygens (including phenoxy) is 1. The van der Waals surface area contributed by atoms with E-state index in [4.69, 9.17) is 4.74 Å². The van der Waals surface area contributed by atoms with E-state index in [1.165, 1.54) is 0 Å². The van der Waals surface area contributed by atoms with Gasteiger partial charge in [0, 0.05) is 11.6 Å². The van der Waals surface area contributed by atoms with E-state index in [0.717, 1.165) is 15.6 Å². The SMILES string of the molecule is COCC(O)c1c(C)cccc1Br. The Labute approximate surface area is 86.7 Å². The average molecular weight is 245 g/mol. The number of aliphatic hydroxyl groups excluding tert-OH is 1. The molecule has 0 fully saturated rings. The van der Waals surface area contributed by atoms with Crippen LogP contribution in [0.1, 0.15) is 17.2 Å². The van der Waals surface area contributed by atoms with E-state index in [2.05, 4.69) is 15.9 Å². The van der Waals surface area contributed by atoms with Gasteiger partial charge in [-0.05, 0) is 24.1 Å². The van der Waals surface area contributed by atoms with Crippen LogP contribution in [0.15, 0.2) is 22.7 Å².